The Bertz CT molecular complexity index is 269. The summed E-state index contributed by atoms with van der Waals surface area (Å²) < 4.78 is 6.55. The number of halogens is 2. The molecule has 1 aromatic heterocycles. The molecule has 1 heterocycles. The quantitative estimate of drug-likeness (QED) is 0.711. The summed E-state index contributed by atoms with van der Waals surface area (Å²) in [7, 11) is 0. The van der Waals surface area contributed by atoms with Crippen molar-refractivity contribution in [3.8, 4) is 0 Å². The number of rotatable bonds is 1. The Labute approximate surface area is 88.8 Å². The highest BCUT2D eigenvalue weighted by molar-refractivity contribution is 9.10. The van der Waals surface area contributed by atoms with Gasteiger partial charge in [0.1, 0.15) is 5.76 Å². The van der Waals surface area contributed by atoms with Gasteiger partial charge in [0.25, 0.3) is 0 Å². The Morgan fingerprint density at radius 2 is 2.25 bits per heavy atom. The van der Waals surface area contributed by atoms with Crippen LogP contribution in [0.15, 0.2) is 21.2 Å². The van der Waals surface area contributed by atoms with E-state index in [0.29, 0.717) is 10.7 Å². The highest BCUT2D eigenvalue weighted by Gasteiger charge is 2.29. The van der Waals surface area contributed by atoms with Crippen LogP contribution in [-0.2, 0) is 0 Å². The van der Waals surface area contributed by atoms with Crippen LogP contribution < -0.4 is 0 Å². The first kappa shape index (κ1) is 8.82. The minimum absolute atomic E-state index is 0.564. The van der Waals surface area contributed by atoms with Crippen LogP contribution in [0.25, 0.3) is 0 Å². The molecule has 0 aromatic carbocycles. The Morgan fingerprint density at radius 3 is 2.75 bits per heavy atom. The molecule has 12 heavy (non-hydrogen) atoms. The largest absolute Gasteiger partial charge is 0.468 e. The molecule has 0 amide bonds. The first-order valence-electron chi connectivity index (χ1n) is 4.16. The molecule has 66 valence electrons. The fourth-order valence-corrected chi connectivity index (χ4v) is 3.10. The fourth-order valence-electron chi connectivity index (χ4n) is 1.78. The molecule has 2 unspecified atom stereocenters. The molecular weight excluding hydrogens is 284 g/mol. The molecule has 1 aliphatic carbocycles. The van der Waals surface area contributed by atoms with Gasteiger partial charge in [0.05, 0.1) is 10.7 Å². The zero-order valence-corrected chi connectivity index (χ0v) is 9.77. The summed E-state index contributed by atoms with van der Waals surface area (Å²) in [6.07, 6.45) is 5.55. The van der Waals surface area contributed by atoms with E-state index < -0.39 is 0 Å². The third-order valence-electron chi connectivity index (χ3n) is 2.41. The summed E-state index contributed by atoms with van der Waals surface area (Å²) in [6.45, 7) is 0. The van der Waals surface area contributed by atoms with Crippen molar-refractivity contribution < 1.29 is 4.42 Å². The van der Waals surface area contributed by atoms with Gasteiger partial charge in [0.15, 0.2) is 0 Å². The summed E-state index contributed by atoms with van der Waals surface area (Å²) in [5.74, 6) is 1.67. The molecule has 1 aromatic rings. The van der Waals surface area contributed by atoms with Gasteiger partial charge in [-0.1, -0.05) is 22.4 Å². The monoisotopic (exact) mass is 292 g/mol. The Balaban J connectivity index is 2.24. The molecule has 0 radical (unpaired) electrons. The van der Waals surface area contributed by atoms with Gasteiger partial charge >= 0.3 is 0 Å². The zero-order chi connectivity index (χ0) is 8.55. The smallest absolute Gasteiger partial charge is 0.122 e. The zero-order valence-electron chi connectivity index (χ0n) is 6.59. The molecule has 3 heteroatoms. The topological polar surface area (TPSA) is 13.1 Å². The van der Waals surface area contributed by atoms with Gasteiger partial charge in [-0.3, -0.25) is 0 Å². The van der Waals surface area contributed by atoms with Crippen molar-refractivity contribution in [3.63, 3.8) is 0 Å². The molecule has 0 N–H and O–H groups in total. The second kappa shape index (κ2) is 3.54. The predicted octanol–water partition coefficient (Wildman–Crippen LogP) is 4.07. The lowest BCUT2D eigenvalue weighted by atomic mass is 10.1. The molecule has 1 fully saturated rings. The van der Waals surface area contributed by atoms with Crippen LogP contribution in [-0.4, -0.2) is 4.83 Å². The van der Waals surface area contributed by atoms with E-state index in [1.54, 1.807) is 6.26 Å². The Hall–Kier alpha value is 0.240. The van der Waals surface area contributed by atoms with E-state index in [2.05, 4.69) is 31.9 Å². The van der Waals surface area contributed by atoms with Crippen LogP contribution in [0, 0.1) is 0 Å². The summed E-state index contributed by atoms with van der Waals surface area (Å²) in [6, 6.07) is 1.97. The molecule has 0 saturated heterocycles. The molecule has 2 atom stereocenters. The summed E-state index contributed by atoms with van der Waals surface area (Å²) in [5, 5.41) is 0. The first-order valence-corrected chi connectivity index (χ1v) is 5.87. The van der Waals surface area contributed by atoms with Gasteiger partial charge in [-0.05, 0) is 34.8 Å². The highest BCUT2D eigenvalue weighted by atomic mass is 79.9. The first-order chi connectivity index (χ1) is 5.79. The van der Waals surface area contributed by atoms with E-state index >= 15 is 0 Å². The SMILES string of the molecule is Brc1ccoc1C1CCCC1Br. The molecule has 0 aliphatic heterocycles. The van der Waals surface area contributed by atoms with Crippen LogP contribution in [0.4, 0.5) is 0 Å². The van der Waals surface area contributed by atoms with E-state index in [0.717, 1.165) is 10.2 Å². The van der Waals surface area contributed by atoms with Gasteiger partial charge in [-0.15, -0.1) is 0 Å². The molecule has 0 spiro atoms. The maximum Gasteiger partial charge on any atom is 0.122 e. The van der Waals surface area contributed by atoms with E-state index in [-0.39, 0.29) is 0 Å². The molecule has 2 rings (SSSR count). The van der Waals surface area contributed by atoms with Gasteiger partial charge < -0.3 is 4.42 Å². The fraction of sp³-hybridized carbons (Fsp3) is 0.556. The lowest BCUT2D eigenvalue weighted by molar-refractivity contribution is 0.467. The van der Waals surface area contributed by atoms with E-state index in [1.165, 1.54) is 19.3 Å². The van der Waals surface area contributed by atoms with Crippen molar-refractivity contribution in [1.82, 2.24) is 0 Å². The van der Waals surface area contributed by atoms with Gasteiger partial charge in [0, 0.05) is 10.7 Å². The van der Waals surface area contributed by atoms with Crippen molar-refractivity contribution in [2.24, 2.45) is 0 Å². The molecular formula is C9H10Br2O. The van der Waals surface area contributed by atoms with E-state index in [4.69, 9.17) is 4.42 Å². The van der Waals surface area contributed by atoms with Crippen molar-refractivity contribution >= 4 is 31.9 Å². The Kier molecular flexibility index (Phi) is 2.60. The number of alkyl halides is 1. The second-order valence-electron chi connectivity index (χ2n) is 3.19. The van der Waals surface area contributed by atoms with Crippen molar-refractivity contribution in [1.29, 1.82) is 0 Å². The Morgan fingerprint density at radius 1 is 1.42 bits per heavy atom. The van der Waals surface area contributed by atoms with Crippen LogP contribution in [0.2, 0.25) is 0 Å². The third kappa shape index (κ3) is 1.49. The van der Waals surface area contributed by atoms with E-state index in [1.807, 2.05) is 6.07 Å². The van der Waals surface area contributed by atoms with E-state index in [9.17, 15) is 0 Å². The van der Waals surface area contributed by atoms with Crippen molar-refractivity contribution in [2.75, 3.05) is 0 Å². The lowest BCUT2D eigenvalue weighted by Crippen LogP contribution is -2.03. The average Bonchev–Trinajstić information content (AvgIpc) is 2.59. The minimum atomic E-state index is 0.564. The van der Waals surface area contributed by atoms with Gasteiger partial charge in [-0.25, -0.2) is 0 Å². The number of hydrogen-bond donors (Lipinski definition) is 0. The van der Waals surface area contributed by atoms with Crippen LogP contribution in [0.3, 0.4) is 0 Å². The van der Waals surface area contributed by atoms with Crippen LogP contribution >= 0.6 is 31.9 Å². The maximum absolute atomic E-state index is 5.44. The highest BCUT2D eigenvalue weighted by Crippen LogP contribution is 2.41. The van der Waals surface area contributed by atoms with Gasteiger partial charge in [0.2, 0.25) is 0 Å². The van der Waals surface area contributed by atoms with Crippen LogP contribution in [0.5, 0.6) is 0 Å². The van der Waals surface area contributed by atoms with Crippen molar-refractivity contribution in [2.45, 2.75) is 30.0 Å². The number of furan rings is 1. The minimum Gasteiger partial charge on any atom is -0.468 e. The molecule has 1 nitrogen and oxygen atoms in total. The lowest BCUT2D eigenvalue weighted by Gasteiger charge is -2.10. The molecule has 1 saturated carbocycles. The molecule has 1 aliphatic rings. The summed E-state index contributed by atoms with van der Waals surface area (Å²) in [4.78, 5) is 0.597. The summed E-state index contributed by atoms with van der Waals surface area (Å²) in [5.41, 5.74) is 0. The van der Waals surface area contributed by atoms with Gasteiger partial charge in [-0.2, -0.15) is 0 Å². The number of hydrogen-bond acceptors (Lipinski definition) is 1. The third-order valence-corrected chi connectivity index (χ3v) is 4.16. The summed E-state index contributed by atoms with van der Waals surface area (Å²) >= 11 is 7.17. The second-order valence-corrected chi connectivity index (χ2v) is 5.22. The normalized spacial score (nSPS) is 29.5. The standard InChI is InChI=1S/C9H10Br2O/c10-7-3-1-2-6(7)9-8(11)4-5-12-9/h4-7H,1-3H2. The maximum atomic E-state index is 5.44. The van der Waals surface area contributed by atoms with Crippen LogP contribution in [0.1, 0.15) is 30.9 Å². The molecule has 0 bridgehead atoms. The predicted molar refractivity (Wildman–Crippen MR) is 55.7 cm³/mol. The average molecular weight is 294 g/mol. The van der Waals surface area contributed by atoms with Crippen molar-refractivity contribution in [3.05, 3.63) is 22.6 Å².